The van der Waals surface area contributed by atoms with Gasteiger partial charge in [-0.05, 0) is 41.9 Å². The van der Waals surface area contributed by atoms with Crippen LogP contribution in [0, 0.1) is 0 Å². The first-order valence-electron chi connectivity index (χ1n) is 6.17. The van der Waals surface area contributed by atoms with Gasteiger partial charge < -0.3 is 19.1 Å². The first kappa shape index (κ1) is 15.4. The first-order chi connectivity index (χ1) is 9.92. The molecule has 2 aromatic rings. The van der Waals surface area contributed by atoms with E-state index in [0.29, 0.717) is 27.2 Å². The van der Waals surface area contributed by atoms with Gasteiger partial charge in [0.25, 0.3) is 0 Å². The molecule has 0 atom stereocenters. The Morgan fingerprint density at radius 3 is 2.57 bits per heavy atom. The molecule has 0 amide bonds. The minimum absolute atomic E-state index is 0.00214. The van der Waals surface area contributed by atoms with Crippen molar-refractivity contribution in [2.24, 2.45) is 0 Å². The second-order valence-electron chi connectivity index (χ2n) is 4.53. The number of carboxylic acid groups (broad SMARTS) is 1. The lowest BCUT2D eigenvalue weighted by molar-refractivity contribution is 0.0652. The number of aromatic nitrogens is 1. The third-order valence-electron chi connectivity index (χ3n) is 2.61. The average Bonchev–Trinajstić information content (AvgIpc) is 2.88. The Kier molecular flexibility index (Phi) is 4.52. The van der Waals surface area contributed by atoms with E-state index in [2.05, 4.69) is 21.1 Å². The maximum Gasteiger partial charge on any atom is 0.374 e. The summed E-state index contributed by atoms with van der Waals surface area (Å²) in [5, 5.41) is 12.6. The highest BCUT2D eigenvalue weighted by Crippen LogP contribution is 2.38. The van der Waals surface area contributed by atoms with Gasteiger partial charge in [0.15, 0.2) is 11.5 Å². The van der Waals surface area contributed by atoms with E-state index in [0.717, 1.165) is 0 Å². The van der Waals surface area contributed by atoms with Crippen molar-refractivity contribution in [3.63, 3.8) is 0 Å². The highest BCUT2D eigenvalue weighted by Gasteiger charge is 2.18. The predicted octanol–water partition coefficient (Wildman–Crippen LogP) is 3.60. The molecular weight excluding hydrogens is 342 g/mol. The van der Waals surface area contributed by atoms with Crippen LogP contribution in [0.1, 0.15) is 24.4 Å². The van der Waals surface area contributed by atoms with Crippen LogP contribution >= 0.6 is 15.9 Å². The van der Waals surface area contributed by atoms with Crippen LogP contribution in [0.4, 0.5) is 0 Å². The quantitative estimate of drug-likeness (QED) is 0.882. The molecule has 2 rings (SSSR count). The molecule has 1 N–H and O–H groups in total. The normalized spacial score (nSPS) is 10.7. The van der Waals surface area contributed by atoms with Crippen molar-refractivity contribution in [2.45, 2.75) is 20.0 Å². The molecule has 7 heteroatoms. The largest absolute Gasteiger partial charge is 0.493 e. The van der Waals surface area contributed by atoms with E-state index in [9.17, 15) is 4.79 Å². The summed E-state index contributed by atoms with van der Waals surface area (Å²) in [4.78, 5) is 10.8. The second-order valence-corrected chi connectivity index (χ2v) is 5.39. The maximum atomic E-state index is 10.8. The van der Waals surface area contributed by atoms with Crippen LogP contribution in [0.15, 0.2) is 27.2 Å². The van der Waals surface area contributed by atoms with Crippen molar-refractivity contribution in [3.05, 3.63) is 28.4 Å². The number of hydrogen-bond acceptors (Lipinski definition) is 5. The second kappa shape index (κ2) is 6.17. The molecule has 1 aromatic carbocycles. The fourth-order valence-electron chi connectivity index (χ4n) is 1.74. The molecule has 0 aliphatic heterocycles. The molecule has 0 aliphatic rings. The summed E-state index contributed by atoms with van der Waals surface area (Å²) in [5.74, 6) is -0.276. The van der Waals surface area contributed by atoms with Crippen molar-refractivity contribution >= 4 is 21.9 Å². The highest BCUT2D eigenvalue weighted by molar-refractivity contribution is 9.10. The molecule has 0 spiro atoms. The van der Waals surface area contributed by atoms with Gasteiger partial charge in [0, 0.05) is 16.1 Å². The minimum atomic E-state index is -1.17. The third-order valence-corrected chi connectivity index (χ3v) is 3.27. The van der Waals surface area contributed by atoms with Crippen LogP contribution in [0.5, 0.6) is 11.5 Å². The number of halogens is 1. The number of benzene rings is 1. The number of aromatic carboxylic acids is 1. The molecule has 1 aromatic heterocycles. The van der Waals surface area contributed by atoms with E-state index in [-0.39, 0.29) is 11.9 Å². The Bertz CT molecular complexity index is 665. The Morgan fingerprint density at radius 2 is 2.05 bits per heavy atom. The number of carbonyl (C=O) groups is 1. The van der Waals surface area contributed by atoms with Crippen LogP contribution in [0.25, 0.3) is 11.3 Å². The van der Waals surface area contributed by atoms with E-state index in [1.54, 1.807) is 12.1 Å². The van der Waals surface area contributed by atoms with Gasteiger partial charge in [-0.25, -0.2) is 4.79 Å². The SMILES string of the molecule is COc1cc(-c2cc(C(=O)O)on2)c(Br)cc1OC(C)C. The topological polar surface area (TPSA) is 81.8 Å². The van der Waals surface area contributed by atoms with Gasteiger partial charge in [-0.3, -0.25) is 0 Å². The van der Waals surface area contributed by atoms with Gasteiger partial charge in [0.1, 0.15) is 5.69 Å². The molecule has 0 radical (unpaired) electrons. The Morgan fingerprint density at radius 1 is 1.33 bits per heavy atom. The summed E-state index contributed by atoms with van der Waals surface area (Å²) in [6.45, 7) is 3.83. The Hall–Kier alpha value is -2.02. The van der Waals surface area contributed by atoms with E-state index >= 15 is 0 Å². The molecule has 0 aliphatic carbocycles. The van der Waals surface area contributed by atoms with Crippen LogP contribution in [0.2, 0.25) is 0 Å². The summed E-state index contributed by atoms with van der Waals surface area (Å²) < 4.78 is 16.4. The molecule has 112 valence electrons. The van der Waals surface area contributed by atoms with E-state index in [4.69, 9.17) is 19.1 Å². The number of nitrogens with zero attached hydrogens (tertiary/aromatic N) is 1. The van der Waals surface area contributed by atoms with Gasteiger partial charge in [-0.1, -0.05) is 5.16 Å². The van der Waals surface area contributed by atoms with Crippen molar-refractivity contribution < 1.29 is 23.9 Å². The minimum Gasteiger partial charge on any atom is -0.493 e. The number of ether oxygens (including phenoxy) is 2. The Labute approximate surface area is 129 Å². The van der Waals surface area contributed by atoms with E-state index < -0.39 is 5.97 Å². The summed E-state index contributed by atoms with van der Waals surface area (Å²) in [6, 6.07) is 4.82. The molecule has 0 saturated heterocycles. The lowest BCUT2D eigenvalue weighted by Crippen LogP contribution is -2.06. The van der Waals surface area contributed by atoms with Crippen molar-refractivity contribution in [2.75, 3.05) is 7.11 Å². The van der Waals surface area contributed by atoms with Crippen LogP contribution in [-0.2, 0) is 0 Å². The molecular formula is C14H14BrNO5. The number of carboxylic acids is 1. The molecule has 6 nitrogen and oxygen atoms in total. The summed E-state index contributed by atoms with van der Waals surface area (Å²) in [5.41, 5.74) is 1.05. The van der Waals surface area contributed by atoms with Gasteiger partial charge in [0.05, 0.1) is 13.2 Å². The van der Waals surface area contributed by atoms with Crippen molar-refractivity contribution in [3.8, 4) is 22.8 Å². The predicted molar refractivity (Wildman–Crippen MR) is 78.9 cm³/mol. The number of hydrogen-bond donors (Lipinski definition) is 1. The summed E-state index contributed by atoms with van der Waals surface area (Å²) >= 11 is 3.42. The molecule has 0 unspecified atom stereocenters. The highest BCUT2D eigenvalue weighted by atomic mass is 79.9. The Balaban J connectivity index is 2.46. The fourth-order valence-corrected chi connectivity index (χ4v) is 2.27. The van der Waals surface area contributed by atoms with Crippen LogP contribution in [0.3, 0.4) is 0 Å². The molecule has 21 heavy (non-hydrogen) atoms. The molecule has 0 saturated carbocycles. The lowest BCUT2D eigenvalue weighted by atomic mass is 10.1. The maximum absolute atomic E-state index is 10.8. The van der Waals surface area contributed by atoms with Crippen LogP contribution in [-0.4, -0.2) is 29.4 Å². The van der Waals surface area contributed by atoms with Crippen molar-refractivity contribution in [1.82, 2.24) is 5.16 Å². The van der Waals surface area contributed by atoms with Crippen LogP contribution < -0.4 is 9.47 Å². The third kappa shape index (κ3) is 3.36. The van der Waals surface area contributed by atoms with Gasteiger partial charge in [-0.2, -0.15) is 0 Å². The fraction of sp³-hybridized carbons (Fsp3) is 0.286. The molecule has 0 bridgehead atoms. The zero-order valence-electron chi connectivity index (χ0n) is 11.7. The summed E-state index contributed by atoms with van der Waals surface area (Å²) in [7, 11) is 1.53. The van der Waals surface area contributed by atoms with Gasteiger partial charge >= 0.3 is 5.97 Å². The lowest BCUT2D eigenvalue weighted by Gasteiger charge is -2.15. The van der Waals surface area contributed by atoms with E-state index in [1.165, 1.54) is 13.2 Å². The zero-order valence-corrected chi connectivity index (χ0v) is 13.3. The zero-order chi connectivity index (χ0) is 15.6. The monoisotopic (exact) mass is 355 g/mol. The van der Waals surface area contributed by atoms with Gasteiger partial charge in [-0.15, -0.1) is 0 Å². The number of rotatable bonds is 5. The smallest absolute Gasteiger partial charge is 0.374 e. The standard InChI is InChI=1S/C14H14BrNO5/c1-7(2)20-12-5-9(15)8(4-11(12)19-3)10-6-13(14(17)18)21-16-10/h4-7H,1-3H3,(H,17,18). The molecule has 0 fully saturated rings. The van der Waals surface area contributed by atoms with Crippen molar-refractivity contribution in [1.29, 1.82) is 0 Å². The van der Waals surface area contributed by atoms with Gasteiger partial charge in [0.2, 0.25) is 5.76 Å². The average molecular weight is 356 g/mol. The van der Waals surface area contributed by atoms with E-state index in [1.807, 2.05) is 13.8 Å². The summed E-state index contributed by atoms with van der Waals surface area (Å²) in [6.07, 6.45) is 0.00214. The first-order valence-corrected chi connectivity index (χ1v) is 6.96. The number of methoxy groups -OCH3 is 1. The molecule has 1 heterocycles.